The fraction of sp³-hybridized carbons (Fsp3) is 0.300. The van der Waals surface area contributed by atoms with E-state index in [0.29, 0.717) is 6.19 Å². The molecule has 0 aromatic heterocycles. The first-order chi connectivity index (χ1) is 5.70. The summed E-state index contributed by atoms with van der Waals surface area (Å²) in [4.78, 5) is 4.13. The van der Waals surface area contributed by atoms with E-state index >= 15 is 0 Å². The molecule has 58 valence electrons. The second kappa shape index (κ2) is 3.91. The summed E-state index contributed by atoms with van der Waals surface area (Å²) in [5.41, 5.74) is 1.16. The predicted molar refractivity (Wildman–Crippen MR) is 49.0 cm³/mol. The van der Waals surface area contributed by atoms with Crippen LogP contribution in [0.5, 0.6) is 0 Å². The van der Waals surface area contributed by atoms with Gasteiger partial charge >= 0.3 is 0 Å². The Bertz CT molecular complexity index is 262. The number of rotatable bonds is 2. The summed E-state index contributed by atoms with van der Waals surface area (Å²) in [7, 11) is 0. The average Bonchev–Trinajstić information content (AvgIpc) is 2.05. The Labute approximate surface area is 69.2 Å². The molecule has 0 N–H and O–H groups in total. The number of nitrogens with zero attached hydrogens (tertiary/aromatic N) is 1. The Morgan fingerprint density at radius 2 is 2.09 bits per heavy atom. The molecule has 0 saturated heterocycles. The molecule has 11 heavy (non-hydrogen) atoms. The number of hydrogen-bond acceptors (Lipinski definition) is 1. The predicted octanol–water partition coefficient (Wildman–Crippen LogP) is 2.84. The van der Waals surface area contributed by atoms with Crippen molar-refractivity contribution in [2.75, 3.05) is 0 Å². The smallest absolute Gasteiger partial charge is 0.0784 e. The van der Waals surface area contributed by atoms with Crippen LogP contribution >= 0.6 is 0 Å². The number of benzene rings is 1. The summed E-state index contributed by atoms with van der Waals surface area (Å²) in [5, 5.41) is 0. The van der Waals surface area contributed by atoms with E-state index in [-0.39, 0.29) is 6.04 Å². The summed E-state index contributed by atoms with van der Waals surface area (Å²) in [6, 6.07) is 10.1. The van der Waals surface area contributed by atoms with Gasteiger partial charge < -0.3 is 0 Å². The first-order valence-electron chi connectivity index (χ1n) is 4.26. The molecule has 0 aliphatic heterocycles. The molecule has 0 bridgehead atoms. The molecule has 1 nitrogen and oxygen atoms in total. The van der Waals surface area contributed by atoms with E-state index in [1.54, 1.807) is 6.92 Å². The molecular weight excluding hydrogens is 134 g/mol. The fourth-order valence-corrected chi connectivity index (χ4v) is 1.000. The van der Waals surface area contributed by atoms with E-state index in [1.165, 1.54) is 0 Å². The lowest BCUT2D eigenvalue weighted by Crippen LogP contribution is -1.87. The van der Waals surface area contributed by atoms with Gasteiger partial charge in [-0.25, -0.2) is 0 Å². The highest BCUT2D eigenvalue weighted by Gasteiger charge is 1.98. The van der Waals surface area contributed by atoms with E-state index in [9.17, 15) is 0 Å². The zero-order chi connectivity index (χ0) is 8.97. The van der Waals surface area contributed by atoms with Gasteiger partial charge in [-0.05, 0) is 25.6 Å². The Hall–Kier alpha value is -1.11. The minimum absolute atomic E-state index is 0.101. The van der Waals surface area contributed by atoms with Crippen molar-refractivity contribution < 1.29 is 1.37 Å². The molecule has 0 radical (unpaired) electrons. The topological polar surface area (TPSA) is 12.4 Å². The second-order valence-corrected chi connectivity index (χ2v) is 2.44. The zero-order valence-electron chi connectivity index (χ0n) is 7.91. The third kappa shape index (κ3) is 2.19. The Balaban J connectivity index is 2.79. The molecule has 0 spiro atoms. The first-order valence-corrected chi connectivity index (χ1v) is 3.76. The van der Waals surface area contributed by atoms with E-state index in [1.807, 2.05) is 37.3 Å². The Kier molecular flexibility index (Phi) is 2.35. The van der Waals surface area contributed by atoms with Crippen molar-refractivity contribution >= 4 is 6.19 Å². The molecule has 1 atom stereocenters. The van der Waals surface area contributed by atoms with Gasteiger partial charge in [-0.15, -0.1) is 0 Å². The summed E-state index contributed by atoms with van der Waals surface area (Å²) < 4.78 is 7.21. The monoisotopic (exact) mass is 148 g/mol. The molecule has 0 heterocycles. The lowest BCUT2D eigenvalue weighted by atomic mass is 10.1. The molecular formula is C10H13N. The maximum Gasteiger partial charge on any atom is 0.0784 e. The van der Waals surface area contributed by atoms with Crippen molar-refractivity contribution in [3.05, 3.63) is 35.9 Å². The van der Waals surface area contributed by atoms with Crippen molar-refractivity contribution in [2.45, 2.75) is 19.9 Å². The van der Waals surface area contributed by atoms with Crippen LogP contribution < -0.4 is 0 Å². The van der Waals surface area contributed by atoms with Gasteiger partial charge in [-0.1, -0.05) is 30.3 Å². The van der Waals surface area contributed by atoms with Crippen LogP contribution in [0, 0.1) is 0 Å². The lowest BCUT2D eigenvalue weighted by molar-refractivity contribution is 0.824. The van der Waals surface area contributed by atoms with Crippen LogP contribution in [0.2, 0.25) is 0 Å². The van der Waals surface area contributed by atoms with Gasteiger partial charge in [-0.3, -0.25) is 4.99 Å². The van der Waals surface area contributed by atoms with Crippen LogP contribution in [0.3, 0.4) is 0 Å². The van der Waals surface area contributed by atoms with E-state index < -0.39 is 0 Å². The van der Waals surface area contributed by atoms with Gasteiger partial charge in [-0.2, -0.15) is 0 Å². The molecule has 0 aliphatic rings. The molecule has 0 amide bonds. The van der Waals surface area contributed by atoms with Gasteiger partial charge in [0.2, 0.25) is 0 Å². The maximum absolute atomic E-state index is 7.21. The SMILES string of the molecule is [2H]C(C)=N[C@H](C)c1ccccc1. The van der Waals surface area contributed by atoms with Gasteiger partial charge in [0.05, 0.1) is 7.41 Å². The molecule has 1 heteroatoms. The molecule has 0 aliphatic carbocycles. The zero-order valence-corrected chi connectivity index (χ0v) is 6.91. The second-order valence-electron chi connectivity index (χ2n) is 2.44. The normalized spacial score (nSPS) is 15.8. The fourth-order valence-electron chi connectivity index (χ4n) is 1.000. The molecule has 1 rings (SSSR count). The van der Waals surface area contributed by atoms with Crippen LogP contribution in [-0.4, -0.2) is 6.19 Å². The Morgan fingerprint density at radius 1 is 1.45 bits per heavy atom. The van der Waals surface area contributed by atoms with Gasteiger partial charge in [0.15, 0.2) is 0 Å². The quantitative estimate of drug-likeness (QED) is 0.572. The summed E-state index contributed by atoms with van der Waals surface area (Å²) in [5.74, 6) is 0. The standard InChI is InChI=1S/C10H13N/c1-3-11-9(2)10-7-5-4-6-8-10/h3-9H,1-2H3/t9-/m1/s1/i3D. The number of aliphatic imine (C=N–C) groups is 1. The average molecular weight is 148 g/mol. The summed E-state index contributed by atoms with van der Waals surface area (Å²) in [6.45, 7) is 3.69. The minimum atomic E-state index is 0.101. The van der Waals surface area contributed by atoms with Crippen LogP contribution in [0.15, 0.2) is 35.3 Å². The Morgan fingerprint density at radius 3 is 2.64 bits per heavy atom. The van der Waals surface area contributed by atoms with Crippen LogP contribution in [0.1, 0.15) is 26.8 Å². The number of hydrogen-bond donors (Lipinski definition) is 0. The molecule has 0 unspecified atom stereocenters. The molecule has 0 fully saturated rings. The van der Waals surface area contributed by atoms with Gasteiger partial charge in [0, 0.05) is 0 Å². The molecule has 1 aromatic rings. The summed E-state index contributed by atoms with van der Waals surface area (Å²) in [6.07, 6.45) is 0.381. The van der Waals surface area contributed by atoms with Crippen molar-refractivity contribution in [3.8, 4) is 0 Å². The van der Waals surface area contributed by atoms with Crippen molar-refractivity contribution in [2.24, 2.45) is 4.99 Å². The van der Waals surface area contributed by atoms with Crippen molar-refractivity contribution in [1.82, 2.24) is 0 Å². The molecule has 1 aromatic carbocycles. The highest BCUT2D eigenvalue weighted by molar-refractivity contribution is 5.53. The third-order valence-electron chi connectivity index (χ3n) is 1.60. The van der Waals surface area contributed by atoms with Gasteiger partial charge in [0.25, 0.3) is 0 Å². The van der Waals surface area contributed by atoms with E-state index in [4.69, 9.17) is 1.37 Å². The van der Waals surface area contributed by atoms with E-state index in [2.05, 4.69) is 4.99 Å². The van der Waals surface area contributed by atoms with Crippen molar-refractivity contribution in [1.29, 1.82) is 0 Å². The lowest BCUT2D eigenvalue weighted by Gasteiger charge is -2.04. The van der Waals surface area contributed by atoms with Crippen molar-refractivity contribution in [3.63, 3.8) is 0 Å². The van der Waals surface area contributed by atoms with Crippen LogP contribution in [0.4, 0.5) is 0 Å². The van der Waals surface area contributed by atoms with E-state index in [0.717, 1.165) is 5.56 Å². The van der Waals surface area contributed by atoms with Crippen LogP contribution in [0.25, 0.3) is 0 Å². The highest BCUT2D eigenvalue weighted by atomic mass is 14.7. The van der Waals surface area contributed by atoms with Gasteiger partial charge in [0.1, 0.15) is 0 Å². The molecule has 0 saturated carbocycles. The summed E-state index contributed by atoms with van der Waals surface area (Å²) >= 11 is 0. The van der Waals surface area contributed by atoms with Crippen LogP contribution in [-0.2, 0) is 0 Å². The highest BCUT2D eigenvalue weighted by Crippen LogP contribution is 2.14. The largest absolute Gasteiger partial charge is 0.290 e. The first kappa shape index (κ1) is 6.59. The maximum atomic E-state index is 7.21. The third-order valence-corrected chi connectivity index (χ3v) is 1.60. The minimum Gasteiger partial charge on any atom is -0.290 e.